The molecule has 2 heterocycles. The summed E-state index contributed by atoms with van der Waals surface area (Å²) >= 11 is 1.11. The fourth-order valence-electron chi connectivity index (χ4n) is 2.16. The minimum Gasteiger partial charge on any atom is -0.378 e. The second-order valence-corrected chi connectivity index (χ2v) is 5.94. The number of rotatable bonds is 5. The first kappa shape index (κ1) is 17.9. The maximum absolute atomic E-state index is 12.6. The maximum Gasteiger partial charge on any atom is 0.416 e. The molecule has 1 aromatic carbocycles. The average molecular weight is 378 g/mol. The molecule has 0 spiro atoms. The van der Waals surface area contributed by atoms with E-state index in [0.29, 0.717) is 12.2 Å². The number of carbonyl (C=O) groups excluding carboxylic acids is 1. The fourth-order valence-corrected chi connectivity index (χ4v) is 2.80. The predicted molar refractivity (Wildman–Crippen MR) is 93.1 cm³/mol. The van der Waals surface area contributed by atoms with Crippen LogP contribution in [0.4, 0.5) is 24.5 Å². The number of halogens is 3. The third-order valence-corrected chi connectivity index (χ3v) is 4.12. The lowest BCUT2D eigenvalue weighted by Crippen LogP contribution is -2.15. The van der Waals surface area contributed by atoms with Crippen LogP contribution in [-0.4, -0.2) is 15.3 Å². The van der Waals surface area contributed by atoms with Crippen molar-refractivity contribution in [1.82, 2.24) is 9.36 Å². The quantitative estimate of drug-likeness (QED) is 0.690. The maximum atomic E-state index is 12.6. The van der Waals surface area contributed by atoms with Gasteiger partial charge in [-0.2, -0.15) is 17.5 Å². The topological polar surface area (TPSA) is 66.9 Å². The van der Waals surface area contributed by atoms with Gasteiger partial charge < -0.3 is 10.6 Å². The normalized spacial score (nSPS) is 11.2. The van der Waals surface area contributed by atoms with Crippen molar-refractivity contribution < 1.29 is 18.0 Å². The van der Waals surface area contributed by atoms with Gasteiger partial charge in [0.1, 0.15) is 0 Å². The van der Waals surface area contributed by atoms with Crippen LogP contribution in [0, 0.1) is 0 Å². The van der Waals surface area contributed by atoms with Gasteiger partial charge in [0.05, 0.1) is 11.3 Å². The first-order valence-corrected chi connectivity index (χ1v) is 8.33. The minimum absolute atomic E-state index is 0.184. The number of nitrogens with zero attached hydrogens (tertiary/aromatic N) is 2. The van der Waals surface area contributed by atoms with Gasteiger partial charge in [-0.25, -0.2) is 0 Å². The molecule has 5 nitrogen and oxygen atoms in total. The largest absolute Gasteiger partial charge is 0.416 e. The minimum atomic E-state index is -4.42. The Morgan fingerprint density at radius 3 is 2.42 bits per heavy atom. The third kappa shape index (κ3) is 4.37. The zero-order valence-corrected chi connectivity index (χ0v) is 14.1. The Morgan fingerprint density at radius 1 is 1.08 bits per heavy atom. The van der Waals surface area contributed by atoms with Gasteiger partial charge >= 0.3 is 6.18 Å². The summed E-state index contributed by atoms with van der Waals surface area (Å²) < 4.78 is 41.8. The highest BCUT2D eigenvalue weighted by molar-refractivity contribution is 7.04. The van der Waals surface area contributed by atoms with Crippen molar-refractivity contribution in [2.24, 2.45) is 0 Å². The van der Waals surface area contributed by atoms with E-state index >= 15 is 0 Å². The van der Waals surface area contributed by atoms with Crippen LogP contribution in [-0.2, 0) is 12.7 Å². The summed E-state index contributed by atoms with van der Waals surface area (Å²) in [6.45, 7) is 0.488. The van der Waals surface area contributed by atoms with Gasteiger partial charge in [0.2, 0.25) is 0 Å². The molecule has 2 aromatic heterocycles. The summed E-state index contributed by atoms with van der Waals surface area (Å²) in [7, 11) is 0. The van der Waals surface area contributed by atoms with E-state index < -0.39 is 17.6 Å². The number of carbonyl (C=O) groups is 1. The van der Waals surface area contributed by atoms with Gasteiger partial charge in [0.25, 0.3) is 5.91 Å². The molecule has 1 amide bonds. The van der Waals surface area contributed by atoms with E-state index in [4.69, 9.17) is 0 Å². The molecular weight excluding hydrogens is 365 g/mol. The van der Waals surface area contributed by atoms with Crippen LogP contribution in [0.3, 0.4) is 0 Å². The number of hydrogen-bond donors (Lipinski definition) is 2. The van der Waals surface area contributed by atoms with Gasteiger partial charge in [-0.3, -0.25) is 9.78 Å². The number of hydrogen-bond acceptors (Lipinski definition) is 5. The third-order valence-electron chi connectivity index (χ3n) is 3.49. The van der Waals surface area contributed by atoms with Crippen LogP contribution in [0.15, 0.2) is 54.2 Å². The zero-order valence-electron chi connectivity index (χ0n) is 13.2. The highest BCUT2D eigenvalue weighted by atomic mass is 32.1. The molecule has 0 saturated heterocycles. The van der Waals surface area contributed by atoms with Crippen LogP contribution in [0.1, 0.15) is 21.6 Å². The van der Waals surface area contributed by atoms with Crippen molar-refractivity contribution in [1.29, 1.82) is 0 Å². The van der Waals surface area contributed by atoms with E-state index in [1.54, 1.807) is 17.8 Å². The van der Waals surface area contributed by atoms with E-state index in [2.05, 4.69) is 20.0 Å². The van der Waals surface area contributed by atoms with Crippen molar-refractivity contribution in [3.05, 3.63) is 71.0 Å². The molecule has 3 rings (SSSR count). The van der Waals surface area contributed by atoms with Gasteiger partial charge in [-0.05, 0) is 53.5 Å². The van der Waals surface area contributed by atoms with Crippen LogP contribution < -0.4 is 10.6 Å². The first-order chi connectivity index (χ1) is 12.4. The van der Waals surface area contributed by atoms with Crippen molar-refractivity contribution >= 4 is 28.8 Å². The molecule has 0 saturated carbocycles. The lowest BCUT2D eigenvalue weighted by atomic mass is 10.2. The Balaban J connectivity index is 1.66. The Kier molecular flexibility index (Phi) is 5.17. The number of amides is 1. The Morgan fingerprint density at radius 2 is 1.77 bits per heavy atom. The monoisotopic (exact) mass is 378 g/mol. The van der Waals surface area contributed by atoms with Gasteiger partial charge in [0.15, 0.2) is 5.69 Å². The number of aromatic nitrogens is 2. The smallest absolute Gasteiger partial charge is 0.378 e. The molecule has 0 aliphatic rings. The van der Waals surface area contributed by atoms with E-state index in [1.807, 2.05) is 12.1 Å². The van der Waals surface area contributed by atoms with Crippen LogP contribution in [0.25, 0.3) is 0 Å². The number of nitrogens with one attached hydrogen (secondary N) is 2. The fraction of sp³-hybridized carbons (Fsp3) is 0.118. The summed E-state index contributed by atoms with van der Waals surface area (Å²) in [5.41, 5.74) is 1.21. The van der Waals surface area contributed by atoms with E-state index in [9.17, 15) is 18.0 Å². The number of alkyl halides is 3. The van der Waals surface area contributed by atoms with Crippen molar-refractivity contribution in [2.75, 3.05) is 10.6 Å². The lowest BCUT2D eigenvalue weighted by Gasteiger charge is -2.09. The molecule has 0 aliphatic carbocycles. The molecule has 0 radical (unpaired) electrons. The van der Waals surface area contributed by atoms with Gasteiger partial charge in [-0.1, -0.05) is 0 Å². The Bertz CT molecular complexity index is 879. The van der Waals surface area contributed by atoms with Crippen molar-refractivity contribution in [3.63, 3.8) is 0 Å². The van der Waals surface area contributed by atoms with Crippen molar-refractivity contribution in [2.45, 2.75) is 12.7 Å². The molecular formula is C17H13F3N4OS. The summed E-state index contributed by atoms with van der Waals surface area (Å²) in [6, 6.07) is 7.93. The Hall–Kier alpha value is -2.94. The van der Waals surface area contributed by atoms with E-state index in [0.717, 1.165) is 29.2 Å². The zero-order chi connectivity index (χ0) is 18.6. The van der Waals surface area contributed by atoms with Gasteiger partial charge in [-0.15, -0.1) is 0 Å². The molecule has 0 fully saturated rings. The van der Waals surface area contributed by atoms with Crippen LogP contribution in [0.5, 0.6) is 0 Å². The molecule has 3 aromatic rings. The molecule has 0 unspecified atom stereocenters. The first-order valence-electron chi connectivity index (χ1n) is 7.49. The second-order valence-electron chi connectivity index (χ2n) is 5.32. The lowest BCUT2D eigenvalue weighted by molar-refractivity contribution is -0.137. The van der Waals surface area contributed by atoms with Crippen molar-refractivity contribution in [3.8, 4) is 0 Å². The van der Waals surface area contributed by atoms with E-state index in [1.165, 1.54) is 12.1 Å². The highest BCUT2D eigenvalue weighted by Crippen LogP contribution is 2.30. The molecule has 0 aliphatic heterocycles. The van der Waals surface area contributed by atoms with Crippen LogP contribution in [0.2, 0.25) is 0 Å². The highest BCUT2D eigenvalue weighted by Gasteiger charge is 2.30. The second kappa shape index (κ2) is 7.52. The molecule has 9 heteroatoms. The number of benzene rings is 1. The SMILES string of the molecule is O=C(Nc1ccc(C(F)(F)F)cc1)c1nscc1NCc1ccncc1. The standard InChI is InChI=1S/C17H13F3N4OS/c18-17(19,20)12-1-3-13(4-2-12)23-16(25)15-14(10-26-24-15)22-9-11-5-7-21-8-6-11/h1-8,10,22H,9H2,(H,23,25). The molecule has 2 N–H and O–H groups in total. The summed E-state index contributed by atoms with van der Waals surface area (Å²) in [4.78, 5) is 16.3. The summed E-state index contributed by atoms with van der Waals surface area (Å²) in [5.74, 6) is -0.497. The molecule has 0 atom stereocenters. The molecule has 26 heavy (non-hydrogen) atoms. The summed E-state index contributed by atoms with van der Waals surface area (Å²) in [5, 5.41) is 7.36. The predicted octanol–water partition coefficient (Wildman–Crippen LogP) is 4.42. The Labute approximate surface area is 151 Å². The van der Waals surface area contributed by atoms with E-state index in [-0.39, 0.29) is 11.4 Å². The number of anilines is 2. The number of pyridine rings is 1. The van der Waals surface area contributed by atoms with Gasteiger partial charge in [0, 0.05) is 30.0 Å². The van der Waals surface area contributed by atoms with Crippen LogP contribution >= 0.6 is 11.5 Å². The molecule has 134 valence electrons. The summed E-state index contributed by atoms with van der Waals surface area (Å²) in [6.07, 6.45) is -1.08. The average Bonchev–Trinajstić information content (AvgIpc) is 3.09. The molecule has 0 bridgehead atoms.